The minimum absolute atomic E-state index is 0.208. The van der Waals surface area contributed by atoms with Gasteiger partial charge in [0.05, 0.1) is 12.5 Å². The van der Waals surface area contributed by atoms with E-state index < -0.39 is 5.82 Å². The Kier molecular flexibility index (Phi) is 3.57. The third kappa shape index (κ3) is 2.59. The second kappa shape index (κ2) is 5.53. The molecule has 21 heavy (non-hydrogen) atoms. The molecule has 108 valence electrons. The van der Waals surface area contributed by atoms with Gasteiger partial charge in [-0.1, -0.05) is 0 Å². The van der Waals surface area contributed by atoms with E-state index in [4.69, 9.17) is 4.74 Å². The molecule has 0 amide bonds. The van der Waals surface area contributed by atoms with Crippen molar-refractivity contribution in [2.24, 2.45) is 0 Å². The summed E-state index contributed by atoms with van der Waals surface area (Å²) < 4.78 is 18.7. The average molecular weight is 304 g/mol. The maximum Gasteiger partial charge on any atom is 0.225 e. The summed E-state index contributed by atoms with van der Waals surface area (Å²) >= 11 is 1.53. The summed E-state index contributed by atoms with van der Waals surface area (Å²) in [5.74, 6) is 0.934. The highest BCUT2D eigenvalue weighted by molar-refractivity contribution is 7.16. The van der Waals surface area contributed by atoms with E-state index in [1.54, 1.807) is 19.2 Å². The lowest BCUT2D eigenvalue weighted by atomic mass is 10.2. The Hall–Kier alpha value is -2.41. The zero-order valence-electron chi connectivity index (χ0n) is 11.5. The highest BCUT2D eigenvalue weighted by Gasteiger charge is 2.10. The molecular weight excluding hydrogens is 291 g/mol. The van der Waals surface area contributed by atoms with E-state index in [0.717, 1.165) is 10.2 Å². The van der Waals surface area contributed by atoms with Crippen molar-refractivity contribution in [3.8, 4) is 5.75 Å². The van der Waals surface area contributed by atoms with Crippen molar-refractivity contribution in [2.45, 2.75) is 0 Å². The van der Waals surface area contributed by atoms with Gasteiger partial charge in [0, 0.05) is 18.8 Å². The number of fused-ring (bicyclic) bond motifs is 1. The van der Waals surface area contributed by atoms with Crippen LogP contribution in [-0.4, -0.2) is 24.1 Å². The van der Waals surface area contributed by atoms with E-state index in [0.29, 0.717) is 17.5 Å². The Labute approximate surface area is 124 Å². The van der Waals surface area contributed by atoms with Gasteiger partial charge in [-0.2, -0.15) is 4.98 Å². The molecule has 2 heterocycles. The van der Waals surface area contributed by atoms with Gasteiger partial charge >= 0.3 is 0 Å². The average Bonchev–Trinajstić information content (AvgIpc) is 2.96. The minimum Gasteiger partial charge on any atom is -0.494 e. The zero-order valence-corrected chi connectivity index (χ0v) is 12.3. The smallest absolute Gasteiger partial charge is 0.225 e. The van der Waals surface area contributed by atoms with Crippen LogP contribution in [0.4, 0.5) is 21.8 Å². The Balaban J connectivity index is 2.01. The van der Waals surface area contributed by atoms with Gasteiger partial charge in [-0.05, 0) is 23.6 Å². The number of hydrogen-bond donors (Lipinski definition) is 2. The number of rotatable bonds is 4. The Morgan fingerprint density at radius 3 is 2.81 bits per heavy atom. The molecule has 3 rings (SSSR count). The second-order valence-corrected chi connectivity index (χ2v) is 5.15. The molecule has 0 radical (unpaired) electrons. The third-order valence-corrected chi connectivity index (χ3v) is 3.77. The van der Waals surface area contributed by atoms with E-state index in [-0.39, 0.29) is 5.75 Å². The van der Waals surface area contributed by atoms with E-state index in [9.17, 15) is 4.39 Å². The normalized spacial score (nSPS) is 10.6. The van der Waals surface area contributed by atoms with Crippen LogP contribution >= 0.6 is 11.3 Å². The number of methoxy groups -OCH3 is 1. The quantitative estimate of drug-likeness (QED) is 0.771. The van der Waals surface area contributed by atoms with Crippen molar-refractivity contribution in [3.05, 3.63) is 35.5 Å². The van der Waals surface area contributed by atoms with Gasteiger partial charge in [-0.3, -0.25) is 0 Å². The lowest BCUT2D eigenvalue weighted by Crippen LogP contribution is -2.01. The summed E-state index contributed by atoms with van der Waals surface area (Å²) in [5.41, 5.74) is 0.599. The molecule has 0 saturated heterocycles. The summed E-state index contributed by atoms with van der Waals surface area (Å²) in [6.07, 6.45) is 0. The highest BCUT2D eigenvalue weighted by Crippen LogP contribution is 2.29. The summed E-state index contributed by atoms with van der Waals surface area (Å²) in [7, 11) is 3.19. The largest absolute Gasteiger partial charge is 0.494 e. The number of nitrogens with zero attached hydrogens (tertiary/aromatic N) is 2. The van der Waals surface area contributed by atoms with Crippen LogP contribution in [0.1, 0.15) is 0 Å². The van der Waals surface area contributed by atoms with Crippen LogP contribution in [0.25, 0.3) is 10.2 Å². The summed E-state index contributed by atoms with van der Waals surface area (Å²) in [5, 5.41) is 8.88. The fourth-order valence-corrected chi connectivity index (χ4v) is 2.71. The maximum absolute atomic E-state index is 13.7. The Morgan fingerprint density at radius 1 is 1.24 bits per heavy atom. The predicted molar refractivity (Wildman–Crippen MR) is 83.2 cm³/mol. The molecule has 5 nitrogen and oxygen atoms in total. The number of anilines is 3. The summed E-state index contributed by atoms with van der Waals surface area (Å²) in [6, 6.07) is 6.61. The first kappa shape index (κ1) is 13.6. The van der Waals surface area contributed by atoms with Crippen LogP contribution in [-0.2, 0) is 0 Å². The van der Waals surface area contributed by atoms with Crippen LogP contribution < -0.4 is 15.4 Å². The van der Waals surface area contributed by atoms with E-state index in [1.165, 1.54) is 24.5 Å². The molecule has 0 fully saturated rings. The Morgan fingerprint density at radius 2 is 2.10 bits per heavy atom. The summed E-state index contributed by atoms with van der Waals surface area (Å²) in [6.45, 7) is 0. The van der Waals surface area contributed by atoms with Crippen molar-refractivity contribution in [2.75, 3.05) is 24.8 Å². The molecule has 0 aliphatic rings. The predicted octanol–water partition coefficient (Wildman–Crippen LogP) is 3.62. The first-order valence-electron chi connectivity index (χ1n) is 6.25. The van der Waals surface area contributed by atoms with Gasteiger partial charge in [0.2, 0.25) is 5.95 Å². The van der Waals surface area contributed by atoms with Crippen LogP contribution in [0.15, 0.2) is 29.6 Å². The fourth-order valence-electron chi connectivity index (χ4n) is 1.94. The Bertz CT molecular complexity index is 790. The first-order valence-corrected chi connectivity index (χ1v) is 7.13. The number of benzene rings is 1. The molecule has 0 atom stereocenters. The standard InChI is InChI=1S/C14H13FN4OS/c1-16-14-18-12(9-5-6-21-13(9)19-14)17-8-3-4-11(20-2)10(15)7-8/h3-7H,1-2H3,(H2,16,17,18,19). The van der Waals surface area contributed by atoms with E-state index >= 15 is 0 Å². The number of ether oxygens (including phenoxy) is 1. The van der Waals surface area contributed by atoms with Gasteiger partial charge in [0.15, 0.2) is 11.6 Å². The van der Waals surface area contributed by atoms with Crippen molar-refractivity contribution in [1.29, 1.82) is 0 Å². The fraction of sp³-hybridized carbons (Fsp3) is 0.143. The molecule has 0 saturated carbocycles. The molecule has 0 aliphatic heterocycles. The molecule has 0 aliphatic carbocycles. The van der Waals surface area contributed by atoms with Crippen molar-refractivity contribution >= 4 is 39.0 Å². The van der Waals surface area contributed by atoms with Gasteiger partial charge in [0.25, 0.3) is 0 Å². The highest BCUT2D eigenvalue weighted by atomic mass is 32.1. The van der Waals surface area contributed by atoms with E-state index in [1.807, 2.05) is 11.4 Å². The third-order valence-electron chi connectivity index (χ3n) is 2.96. The second-order valence-electron chi connectivity index (χ2n) is 4.26. The van der Waals surface area contributed by atoms with Gasteiger partial charge in [0.1, 0.15) is 10.6 Å². The summed E-state index contributed by atoms with van der Waals surface area (Å²) in [4.78, 5) is 9.61. The number of hydrogen-bond acceptors (Lipinski definition) is 6. The zero-order chi connectivity index (χ0) is 14.8. The van der Waals surface area contributed by atoms with Crippen LogP contribution in [0.2, 0.25) is 0 Å². The minimum atomic E-state index is -0.424. The van der Waals surface area contributed by atoms with Gasteiger partial charge in [-0.15, -0.1) is 11.3 Å². The molecule has 0 bridgehead atoms. The topological polar surface area (TPSA) is 59.1 Å². The molecular formula is C14H13FN4OS. The molecule has 0 unspecified atom stereocenters. The number of thiophene rings is 1. The van der Waals surface area contributed by atoms with Gasteiger partial charge in [-0.25, -0.2) is 9.37 Å². The number of halogens is 1. The maximum atomic E-state index is 13.7. The molecule has 3 aromatic rings. The molecule has 2 N–H and O–H groups in total. The monoisotopic (exact) mass is 304 g/mol. The molecule has 7 heteroatoms. The lowest BCUT2D eigenvalue weighted by molar-refractivity contribution is 0.386. The molecule has 1 aromatic carbocycles. The number of aromatic nitrogens is 2. The van der Waals surface area contributed by atoms with Crippen LogP contribution in [0, 0.1) is 5.82 Å². The van der Waals surface area contributed by atoms with Crippen molar-refractivity contribution < 1.29 is 9.13 Å². The van der Waals surface area contributed by atoms with Crippen molar-refractivity contribution in [3.63, 3.8) is 0 Å². The van der Waals surface area contributed by atoms with Crippen molar-refractivity contribution in [1.82, 2.24) is 9.97 Å². The van der Waals surface area contributed by atoms with Crippen LogP contribution in [0.3, 0.4) is 0 Å². The van der Waals surface area contributed by atoms with Gasteiger partial charge < -0.3 is 15.4 Å². The molecule has 2 aromatic heterocycles. The lowest BCUT2D eigenvalue weighted by Gasteiger charge is -2.10. The van der Waals surface area contributed by atoms with Crippen LogP contribution in [0.5, 0.6) is 5.75 Å². The SMILES string of the molecule is CNc1nc(Nc2ccc(OC)c(F)c2)c2ccsc2n1. The molecule has 0 spiro atoms. The number of nitrogens with one attached hydrogen (secondary N) is 2. The van der Waals surface area contributed by atoms with E-state index in [2.05, 4.69) is 20.6 Å². The first-order chi connectivity index (χ1) is 10.2.